The number of amides is 2. The summed E-state index contributed by atoms with van der Waals surface area (Å²) in [5.41, 5.74) is 0.248. The molecule has 0 saturated carbocycles. The number of morpholine rings is 1. The molecule has 0 radical (unpaired) electrons. The lowest BCUT2D eigenvalue weighted by Crippen LogP contribution is -2.53. The van der Waals surface area contributed by atoms with Crippen LogP contribution in [0, 0.1) is 5.82 Å². The van der Waals surface area contributed by atoms with Crippen LogP contribution < -0.4 is 5.32 Å². The number of benzene rings is 1. The summed E-state index contributed by atoms with van der Waals surface area (Å²) in [7, 11) is 0. The number of nitrogens with one attached hydrogen (secondary N) is 1. The second kappa shape index (κ2) is 9.31. The van der Waals surface area contributed by atoms with E-state index < -0.39 is 17.8 Å². The van der Waals surface area contributed by atoms with Crippen LogP contribution in [0.5, 0.6) is 0 Å². The normalized spacial score (nSPS) is 15.8. The fourth-order valence-electron chi connectivity index (χ4n) is 2.29. The summed E-state index contributed by atoms with van der Waals surface area (Å²) in [6.07, 6.45) is 0. The lowest BCUT2D eigenvalue weighted by molar-refractivity contribution is -0.139. The molecule has 8 heteroatoms. The fraction of sp³-hybridized carbons (Fsp3) is 0.500. The van der Waals surface area contributed by atoms with Crippen molar-refractivity contribution < 1.29 is 28.6 Å². The number of carbonyl (C=O) groups excluding carboxylic acids is 2. The van der Waals surface area contributed by atoms with Crippen molar-refractivity contribution in [2.24, 2.45) is 0 Å². The van der Waals surface area contributed by atoms with Gasteiger partial charge in [0.25, 0.3) is 5.91 Å². The molecule has 0 unspecified atom stereocenters. The predicted octanol–water partition coefficient (Wildman–Crippen LogP) is -0.208. The van der Waals surface area contributed by atoms with Crippen LogP contribution in [0.1, 0.15) is 10.4 Å². The van der Waals surface area contributed by atoms with Crippen LogP contribution in [-0.2, 0) is 14.3 Å². The van der Waals surface area contributed by atoms with Crippen LogP contribution in [0.4, 0.5) is 4.39 Å². The Balaban J connectivity index is 2.02. The molecule has 0 aromatic heterocycles. The number of aliphatic hydroxyl groups excluding tert-OH is 1. The summed E-state index contributed by atoms with van der Waals surface area (Å²) < 4.78 is 23.4. The molecule has 2 amide bonds. The van der Waals surface area contributed by atoms with Crippen molar-refractivity contribution in [1.82, 2.24) is 10.2 Å². The fourth-order valence-corrected chi connectivity index (χ4v) is 2.29. The SMILES string of the molecule is O=C(N[C@@H](COCCO)C(=O)N1CCOCC1)c1ccc(F)cc1. The Kier molecular flexibility index (Phi) is 7.10. The molecule has 1 aliphatic heterocycles. The standard InChI is InChI=1S/C16H21FN2O5/c17-13-3-1-12(2-4-13)15(21)18-14(11-24-10-7-20)16(22)19-5-8-23-9-6-19/h1-4,14,20H,5-11H2,(H,18,21)/t14-/m0/s1. The van der Waals surface area contributed by atoms with Gasteiger partial charge >= 0.3 is 0 Å². The van der Waals surface area contributed by atoms with Crippen LogP contribution in [0.15, 0.2) is 24.3 Å². The van der Waals surface area contributed by atoms with Crippen molar-refractivity contribution >= 4 is 11.8 Å². The Morgan fingerprint density at radius 1 is 1.29 bits per heavy atom. The average Bonchev–Trinajstić information content (AvgIpc) is 2.61. The van der Waals surface area contributed by atoms with E-state index in [1.165, 1.54) is 24.3 Å². The van der Waals surface area contributed by atoms with Crippen LogP contribution in [0.2, 0.25) is 0 Å². The van der Waals surface area contributed by atoms with Gasteiger partial charge in [0.15, 0.2) is 0 Å². The third-order valence-electron chi connectivity index (χ3n) is 3.55. The molecule has 0 aliphatic carbocycles. The minimum absolute atomic E-state index is 0.0519. The van der Waals surface area contributed by atoms with E-state index in [1.54, 1.807) is 4.90 Å². The first-order valence-corrected chi connectivity index (χ1v) is 7.73. The second-order valence-corrected chi connectivity index (χ2v) is 5.27. The monoisotopic (exact) mass is 340 g/mol. The molecule has 7 nitrogen and oxygen atoms in total. The van der Waals surface area contributed by atoms with E-state index in [1.807, 2.05) is 0 Å². The van der Waals surface area contributed by atoms with E-state index in [0.29, 0.717) is 26.3 Å². The Morgan fingerprint density at radius 2 is 1.96 bits per heavy atom. The maximum absolute atomic E-state index is 12.9. The quantitative estimate of drug-likeness (QED) is 0.671. The second-order valence-electron chi connectivity index (χ2n) is 5.27. The Labute approximate surface area is 139 Å². The number of nitrogens with zero attached hydrogens (tertiary/aromatic N) is 1. The highest BCUT2D eigenvalue weighted by Gasteiger charge is 2.27. The van der Waals surface area contributed by atoms with E-state index in [0.717, 1.165) is 0 Å². The van der Waals surface area contributed by atoms with Crippen molar-refractivity contribution in [3.63, 3.8) is 0 Å². The molecule has 24 heavy (non-hydrogen) atoms. The Hall–Kier alpha value is -2.03. The third-order valence-corrected chi connectivity index (χ3v) is 3.55. The van der Waals surface area contributed by atoms with Gasteiger partial charge in [-0.05, 0) is 24.3 Å². The van der Waals surface area contributed by atoms with Crippen LogP contribution >= 0.6 is 0 Å². The van der Waals surface area contributed by atoms with Crippen molar-refractivity contribution in [1.29, 1.82) is 0 Å². The molecule has 132 valence electrons. The largest absolute Gasteiger partial charge is 0.394 e. The van der Waals surface area contributed by atoms with Gasteiger partial charge in [0.1, 0.15) is 11.9 Å². The maximum Gasteiger partial charge on any atom is 0.251 e. The lowest BCUT2D eigenvalue weighted by Gasteiger charge is -2.30. The highest BCUT2D eigenvalue weighted by Crippen LogP contribution is 2.06. The van der Waals surface area contributed by atoms with E-state index in [-0.39, 0.29) is 31.3 Å². The average molecular weight is 340 g/mol. The summed E-state index contributed by atoms with van der Waals surface area (Å²) in [4.78, 5) is 26.4. The predicted molar refractivity (Wildman–Crippen MR) is 83.0 cm³/mol. The molecular weight excluding hydrogens is 319 g/mol. The minimum Gasteiger partial charge on any atom is -0.394 e. The summed E-state index contributed by atoms with van der Waals surface area (Å²) >= 11 is 0. The van der Waals surface area contributed by atoms with E-state index >= 15 is 0 Å². The highest BCUT2D eigenvalue weighted by atomic mass is 19.1. The Bertz CT molecular complexity index is 546. The third kappa shape index (κ3) is 5.26. The number of carbonyl (C=O) groups is 2. The molecule has 1 atom stereocenters. The molecular formula is C16H21FN2O5. The number of halogens is 1. The molecule has 1 aromatic rings. The minimum atomic E-state index is -0.882. The first-order chi connectivity index (χ1) is 11.6. The van der Waals surface area contributed by atoms with Gasteiger partial charge in [-0.1, -0.05) is 0 Å². The molecule has 2 N–H and O–H groups in total. The van der Waals surface area contributed by atoms with E-state index in [9.17, 15) is 14.0 Å². The number of rotatable bonds is 7. The number of hydrogen-bond acceptors (Lipinski definition) is 5. The smallest absolute Gasteiger partial charge is 0.251 e. The van der Waals surface area contributed by atoms with Crippen LogP contribution in [0.3, 0.4) is 0 Å². The molecule has 2 rings (SSSR count). The van der Waals surface area contributed by atoms with Crippen molar-refractivity contribution in [3.05, 3.63) is 35.6 Å². The number of ether oxygens (including phenoxy) is 2. The zero-order valence-corrected chi connectivity index (χ0v) is 13.2. The van der Waals surface area contributed by atoms with Crippen molar-refractivity contribution in [2.75, 3.05) is 46.1 Å². The van der Waals surface area contributed by atoms with E-state index in [2.05, 4.69) is 5.32 Å². The topological polar surface area (TPSA) is 88.1 Å². The van der Waals surface area contributed by atoms with Gasteiger partial charge in [0.05, 0.1) is 33.0 Å². The number of aliphatic hydroxyl groups is 1. The van der Waals surface area contributed by atoms with Crippen molar-refractivity contribution in [2.45, 2.75) is 6.04 Å². The van der Waals surface area contributed by atoms with Crippen LogP contribution in [-0.4, -0.2) is 74.0 Å². The first kappa shape index (κ1) is 18.3. The first-order valence-electron chi connectivity index (χ1n) is 7.73. The van der Waals surface area contributed by atoms with Gasteiger partial charge in [-0.3, -0.25) is 9.59 Å². The molecule has 1 aliphatic rings. The number of hydrogen-bond donors (Lipinski definition) is 2. The van der Waals surface area contributed by atoms with E-state index in [4.69, 9.17) is 14.6 Å². The summed E-state index contributed by atoms with van der Waals surface area (Å²) in [6.45, 7) is 1.63. The molecule has 1 aromatic carbocycles. The highest BCUT2D eigenvalue weighted by molar-refractivity contribution is 5.97. The zero-order chi connectivity index (χ0) is 17.4. The molecule has 1 saturated heterocycles. The summed E-state index contributed by atoms with van der Waals surface area (Å²) in [6, 6.07) is 4.16. The maximum atomic E-state index is 12.9. The Morgan fingerprint density at radius 3 is 2.58 bits per heavy atom. The molecule has 1 fully saturated rings. The van der Waals surface area contributed by atoms with Gasteiger partial charge < -0.3 is 24.8 Å². The lowest BCUT2D eigenvalue weighted by atomic mass is 10.1. The van der Waals surface area contributed by atoms with Gasteiger partial charge in [0, 0.05) is 18.7 Å². The zero-order valence-electron chi connectivity index (χ0n) is 13.2. The molecule has 0 bridgehead atoms. The van der Waals surface area contributed by atoms with Gasteiger partial charge in [-0.15, -0.1) is 0 Å². The molecule has 0 spiro atoms. The summed E-state index contributed by atoms with van der Waals surface area (Å²) in [5, 5.41) is 11.4. The van der Waals surface area contributed by atoms with Gasteiger partial charge in [-0.2, -0.15) is 0 Å². The molecule has 1 heterocycles. The summed E-state index contributed by atoms with van der Waals surface area (Å²) in [5.74, 6) is -1.21. The van der Waals surface area contributed by atoms with Gasteiger partial charge in [0.2, 0.25) is 5.91 Å². The van der Waals surface area contributed by atoms with Crippen molar-refractivity contribution in [3.8, 4) is 0 Å². The van der Waals surface area contributed by atoms with Gasteiger partial charge in [-0.25, -0.2) is 4.39 Å². The van der Waals surface area contributed by atoms with Crippen LogP contribution in [0.25, 0.3) is 0 Å².